The number of ether oxygens (including phenoxy) is 1. The number of benzene rings is 1. The maximum absolute atomic E-state index is 5.10. The van der Waals surface area contributed by atoms with E-state index in [0.717, 1.165) is 11.3 Å². The third kappa shape index (κ3) is 1.49. The quantitative estimate of drug-likeness (QED) is 0.685. The Morgan fingerprint density at radius 3 is 2.36 bits per heavy atom. The zero-order chi connectivity index (χ0) is 9.97. The molecular formula is C13H12O. The molecule has 1 heteroatoms. The molecule has 0 atom stereocenters. The van der Waals surface area contributed by atoms with Gasteiger partial charge in [0, 0.05) is 0 Å². The van der Waals surface area contributed by atoms with Crippen molar-refractivity contribution in [3.05, 3.63) is 60.2 Å². The molecule has 2 rings (SSSR count). The molecule has 0 fully saturated rings. The highest BCUT2D eigenvalue weighted by Crippen LogP contribution is 2.28. The van der Waals surface area contributed by atoms with Gasteiger partial charge in [0.05, 0.1) is 7.11 Å². The lowest BCUT2D eigenvalue weighted by molar-refractivity contribution is 0.415. The summed E-state index contributed by atoms with van der Waals surface area (Å²) in [6.07, 6.45) is 6.10. The molecule has 70 valence electrons. The van der Waals surface area contributed by atoms with Crippen molar-refractivity contribution in [1.82, 2.24) is 0 Å². The largest absolute Gasteiger partial charge is 0.497 e. The maximum atomic E-state index is 5.10. The summed E-state index contributed by atoms with van der Waals surface area (Å²) in [6.45, 7) is 3.97. The van der Waals surface area contributed by atoms with E-state index in [1.807, 2.05) is 36.4 Å². The van der Waals surface area contributed by atoms with Crippen LogP contribution in [-0.4, -0.2) is 7.11 Å². The van der Waals surface area contributed by atoms with Gasteiger partial charge in [-0.2, -0.15) is 0 Å². The van der Waals surface area contributed by atoms with E-state index >= 15 is 0 Å². The first-order valence-electron chi connectivity index (χ1n) is 4.53. The third-order valence-corrected chi connectivity index (χ3v) is 2.31. The van der Waals surface area contributed by atoms with Crippen LogP contribution in [0.5, 0.6) is 5.75 Å². The fourth-order valence-electron chi connectivity index (χ4n) is 1.51. The second-order valence-electron chi connectivity index (χ2n) is 3.19. The van der Waals surface area contributed by atoms with Crippen molar-refractivity contribution >= 4 is 5.57 Å². The smallest absolute Gasteiger partial charge is 0.118 e. The molecule has 1 aliphatic rings. The van der Waals surface area contributed by atoms with Gasteiger partial charge in [-0.1, -0.05) is 36.9 Å². The lowest BCUT2D eigenvalue weighted by Gasteiger charge is -2.05. The van der Waals surface area contributed by atoms with Gasteiger partial charge in [0.25, 0.3) is 0 Å². The molecule has 0 aliphatic heterocycles. The Bertz CT molecular complexity index is 407. The molecule has 1 aromatic rings. The Morgan fingerprint density at radius 1 is 1.14 bits per heavy atom. The molecule has 14 heavy (non-hydrogen) atoms. The summed E-state index contributed by atoms with van der Waals surface area (Å²) in [5.74, 6) is 0.880. The Hall–Kier alpha value is -1.76. The van der Waals surface area contributed by atoms with Crippen molar-refractivity contribution in [3.8, 4) is 5.75 Å². The van der Waals surface area contributed by atoms with E-state index in [4.69, 9.17) is 4.74 Å². The molecule has 0 bridgehead atoms. The number of hydrogen-bond donors (Lipinski definition) is 0. The molecule has 1 aromatic carbocycles. The van der Waals surface area contributed by atoms with Gasteiger partial charge < -0.3 is 4.74 Å². The number of allylic oxidation sites excluding steroid dienone is 5. The van der Waals surface area contributed by atoms with E-state index in [1.165, 1.54) is 11.1 Å². The fourth-order valence-corrected chi connectivity index (χ4v) is 1.51. The molecule has 0 saturated carbocycles. The molecule has 1 aliphatic carbocycles. The second-order valence-corrected chi connectivity index (χ2v) is 3.19. The number of rotatable bonds is 2. The van der Waals surface area contributed by atoms with Gasteiger partial charge in [0.15, 0.2) is 0 Å². The molecule has 0 amide bonds. The maximum Gasteiger partial charge on any atom is 0.118 e. The van der Waals surface area contributed by atoms with Gasteiger partial charge in [-0.15, -0.1) is 0 Å². The summed E-state index contributed by atoms with van der Waals surface area (Å²) >= 11 is 0. The second kappa shape index (κ2) is 3.54. The SMILES string of the molecule is C=C1C=CC=C1c1ccc(OC)cc1. The summed E-state index contributed by atoms with van der Waals surface area (Å²) in [7, 11) is 1.67. The fraction of sp³-hybridized carbons (Fsp3) is 0.0769. The first-order valence-corrected chi connectivity index (χ1v) is 4.53. The molecule has 0 heterocycles. The zero-order valence-electron chi connectivity index (χ0n) is 8.16. The summed E-state index contributed by atoms with van der Waals surface area (Å²) in [4.78, 5) is 0. The minimum absolute atomic E-state index is 0.880. The van der Waals surface area contributed by atoms with Crippen LogP contribution in [0.2, 0.25) is 0 Å². The van der Waals surface area contributed by atoms with E-state index in [2.05, 4.69) is 12.7 Å². The van der Waals surface area contributed by atoms with Crippen molar-refractivity contribution in [3.63, 3.8) is 0 Å². The predicted octanol–water partition coefficient (Wildman–Crippen LogP) is 3.20. The van der Waals surface area contributed by atoms with Crippen LogP contribution in [0.4, 0.5) is 0 Å². The molecule has 0 saturated heterocycles. The average molecular weight is 184 g/mol. The molecular weight excluding hydrogens is 172 g/mol. The summed E-state index contributed by atoms with van der Waals surface area (Å²) < 4.78 is 5.10. The zero-order valence-corrected chi connectivity index (χ0v) is 8.16. The number of methoxy groups -OCH3 is 1. The van der Waals surface area contributed by atoms with Crippen molar-refractivity contribution in [2.24, 2.45) is 0 Å². The van der Waals surface area contributed by atoms with Crippen molar-refractivity contribution in [2.45, 2.75) is 0 Å². The monoisotopic (exact) mass is 184 g/mol. The predicted molar refractivity (Wildman–Crippen MR) is 59.3 cm³/mol. The minimum atomic E-state index is 0.880. The van der Waals surface area contributed by atoms with E-state index < -0.39 is 0 Å². The first-order chi connectivity index (χ1) is 6.81. The Labute approximate surface area is 84.0 Å². The minimum Gasteiger partial charge on any atom is -0.497 e. The van der Waals surface area contributed by atoms with Crippen LogP contribution in [0, 0.1) is 0 Å². The Morgan fingerprint density at radius 2 is 1.86 bits per heavy atom. The van der Waals surface area contributed by atoms with Crippen LogP contribution >= 0.6 is 0 Å². The van der Waals surface area contributed by atoms with Gasteiger partial charge in [0.1, 0.15) is 5.75 Å². The van der Waals surface area contributed by atoms with Gasteiger partial charge in [-0.05, 0) is 28.8 Å². The molecule has 0 N–H and O–H groups in total. The molecule has 1 nitrogen and oxygen atoms in total. The Kier molecular flexibility index (Phi) is 2.23. The van der Waals surface area contributed by atoms with Crippen LogP contribution in [0.25, 0.3) is 5.57 Å². The topological polar surface area (TPSA) is 9.23 Å². The number of hydrogen-bond acceptors (Lipinski definition) is 1. The lowest BCUT2D eigenvalue weighted by atomic mass is 10.0. The van der Waals surface area contributed by atoms with E-state index in [0.29, 0.717) is 0 Å². The normalized spacial score (nSPS) is 14.4. The van der Waals surface area contributed by atoms with Gasteiger partial charge in [-0.3, -0.25) is 0 Å². The Balaban J connectivity index is 2.30. The average Bonchev–Trinajstić information content (AvgIpc) is 2.65. The summed E-state index contributed by atoms with van der Waals surface area (Å²) in [5.41, 5.74) is 3.43. The van der Waals surface area contributed by atoms with Crippen LogP contribution in [0.1, 0.15) is 5.56 Å². The van der Waals surface area contributed by atoms with E-state index in [-0.39, 0.29) is 0 Å². The first kappa shape index (κ1) is 8.82. The standard InChI is InChI=1S/C13H12O/c1-10-4-3-5-13(10)11-6-8-12(14-2)9-7-11/h3-9H,1H2,2H3. The van der Waals surface area contributed by atoms with Crippen LogP contribution < -0.4 is 4.74 Å². The van der Waals surface area contributed by atoms with E-state index in [1.54, 1.807) is 7.11 Å². The van der Waals surface area contributed by atoms with Gasteiger partial charge in [0.2, 0.25) is 0 Å². The third-order valence-electron chi connectivity index (χ3n) is 2.31. The van der Waals surface area contributed by atoms with Crippen LogP contribution in [0.15, 0.2) is 54.6 Å². The van der Waals surface area contributed by atoms with Crippen molar-refractivity contribution in [1.29, 1.82) is 0 Å². The molecule has 0 aromatic heterocycles. The highest BCUT2D eigenvalue weighted by molar-refractivity contribution is 5.85. The molecule has 0 unspecified atom stereocenters. The highest BCUT2D eigenvalue weighted by atomic mass is 16.5. The van der Waals surface area contributed by atoms with Crippen molar-refractivity contribution < 1.29 is 4.74 Å². The van der Waals surface area contributed by atoms with Crippen molar-refractivity contribution in [2.75, 3.05) is 7.11 Å². The van der Waals surface area contributed by atoms with Gasteiger partial charge in [-0.25, -0.2) is 0 Å². The molecule has 0 radical (unpaired) electrons. The lowest BCUT2D eigenvalue weighted by Crippen LogP contribution is -1.85. The van der Waals surface area contributed by atoms with E-state index in [9.17, 15) is 0 Å². The summed E-state index contributed by atoms with van der Waals surface area (Å²) in [5, 5.41) is 0. The van der Waals surface area contributed by atoms with Crippen LogP contribution in [-0.2, 0) is 0 Å². The summed E-state index contributed by atoms with van der Waals surface area (Å²) in [6, 6.07) is 8.01. The van der Waals surface area contributed by atoms with Gasteiger partial charge >= 0.3 is 0 Å². The van der Waals surface area contributed by atoms with Crippen LogP contribution in [0.3, 0.4) is 0 Å². The highest BCUT2D eigenvalue weighted by Gasteiger charge is 2.06. The molecule has 0 spiro atoms.